The van der Waals surface area contributed by atoms with Crippen LogP contribution < -0.4 is 9.62 Å². The predicted molar refractivity (Wildman–Crippen MR) is 166 cm³/mol. The number of hydrogen-bond donors (Lipinski definition) is 1. The van der Waals surface area contributed by atoms with Crippen LogP contribution in [0.2, 0.25) is 10.0 Å². The maximum Gasteiger partial charge on any atom is 0.264 e. The number of nitrogens with one attached hydrogen (secondary N) is 1. The molecule has 220 valence electrons. The van der Waals surface area contributed by atoms with Gasteiger partial charge in [0.15, 0.2) is 0 Å². The summed E-state index contributed by atoms with van der Waals surface area (Å²) in [6.45, 7) is 9.05. The molecule has 0 aliphatic carbocycles. The summed E-state index contributed by atoms with van der Waals surface area (Å²) in [6.07, 6.45) is 1.07. The zero-order chi connectivity index (χ0) is 30.3. The Balaban J connectivity index is 2.09. The summed E-state index contributed by atoms with van der Waals surface area (Å²) in [5.74, 6) is -0.828. The number of hydrogen-bond acceptors (Lipinski definition) is 4. The van der Waals surface area contributed by atoms with Crippen LogP contribution in [0.25, 0.3) is 0 Å². The van der Waals surface area contributed by atoms with E-state index in [0.717, 1.165) is 27.4 Å². The number of aryl methyl sites for hydroxylation is 2. The van der Waals surface area contributed by atoms with Gasteiger partial charge in [0.25, 0.3) is 10.0 Å². The molecule has 10 heteroatoms. The van der Waals surface area contributed by atoms with Crippen molar-refractivity contribution >= 4 is 50.7 Å². The van der Waals surface area contributed by atoms with Crippen LogP contribution in [0.5, 0.6) is 0 Å². The van der Waals surface area contributed by atoms with Crippen LogP contribution in [-0.4, -0.2) is 43.8 Å². The second kappa shape index (κ2) is 14.2. The standard InChI is InChI=1S/C31H37Cl2N3O4S/c1-6-23(5)34-31(38)29(7-2)35(19-24-10-8-9-22(4)15-24)30(37)20-36(27-17-25(32)16-26(33)18-27)41(39,40)28-13-11-21(3)12-14-28/h8-18,23,29H,6-7,19-20H2,1-5H3,(H,34,38)/t23-,29+/m0/s1. The van der Waals surface area contributed by atoms with E-state index in [1.54, 1.807) is 12.1 Å². The third-order valence-electron chi connectivity index (χ3n) is 6.85. The summed E-state index contributed by atoms with van der Waals surface area (Å²) in [7, 11) is -4.22. The van der Waals surface area contributed by atoms with Crippen LogP contribution >= 0.6 is 23.2 Å². The third kappa shape index (κ3) is 8.47. The SMILES string of the molecule is CC[C@H](C(=O)N[C@@H](C)CC)N(Cc1cccc(C)c1)C(=O)CN(c1cc(Cl)cc(Cl)c1)S(=O)(=O)c1ccc(C)cc1. The number of halogens is 2. The molecule has 0 aliphatic rings. The molecule has 0 saturated carbocycles. The number of sulfonamides is 1. The summed E-state index contributed by atoms with van der Waals surface area (Å²) in [4.78, 5) is 29.0. The maximum absolute atomic E-state index is 14.2. The fraction of sp³-hybridized carbons (Fsp3) is 0.355. The van der Waals surface area contributed by atoms with Crippen molar-refractivity contribution in [2.24, 2.45) is 0 Å². The highest BCUT2D eigenvalue weighted by Gasteiger charge is 2.34. The molecule has 0 saturated heterocycles. The topological polar surface area (TPSA) is 86.8 Å². The summed E-state index contributed by atoms with van der Waals surface area (Å²) in [6, 6.07) is 17.5. The van der Waals surface area contributed by atoms with E-state index in [-0.39, 0.29) is 39.1 Å². The number of benzene rings is 3. The Bertz CT molecular complexity index is 1460. The van der Waals surface area contributed by atoms with E-state index >= 15 is 0 Å². The van der Waals surface area contributed by atoms with Crippen LogP contribution in [0, 0.1) is 13.8 Å². The molecule has 0 bridgehead atoms. The smallest absolute Gasteiger partial charge is 0.264 e. The Morgan fingerprint density at radius 3 is 2.07 bits per heavy atom. The van der Waals surface area contributed by atoms with Gasteiger partial charge in [-0.25, -0.2) is 8.42 Å². The summed E-state index contributed by atoms with van der Waals surface area (Å²) in [5.41, 5.74) is 2.86. The van der Waals surface area contributed by atoms with Crippen LogP contribution in [0.3, 0.4) is 0 Å². The van der Waals surface area contributed by atoms with Crippen LogP contribution in [-0.2, 0) is 26.2 Å². The van der Waals surface area contributed by atoms with Gasteiger partial charge in [0.2, 0.25) is 11.8 Å². The van der Waals surface area contributed by atoms with E-state index in [2.05, 4.69) is 5.32 Å². The van der Waals surface area contributed by atoms with Gasteiger partial charge >= 0.3 is 0 Å². The molecule has 0 aromatic heterocycles. The number of nitrogens with zero attached hydrogens (tertiary/aromatic N) is 2. The lowest BCUT2D eigenvalue weighted by Gasteiger charge is -2.34. The first-order valence-corrected chi connectivity index (χ1v) is 15.8. The van der Waals surface area contributed by atoms with Gasteiger partial charge in [-0.05, 0) is 69.5 Å². The predicted octanol–water partition coefficient (Wildman–Crippen LogP) is 6.53. The van der Waals surface area contributed by atoms with Crippen molar-refractivity contribution in [3.05, 3.63) is 93.5 Å². The van der Waals surface area contributed by atoms with E-state index < -0.39 is 28.5 Å². The molecule has 3 rings (SSSR count). The quantitative estimate of drug-likeness (QED) is 0.250. The van der Waals surface area contributed by atoms with Crippen molar-refractivity contribution in [2.45, 2.75) is 71.0 Å². The molecule has 0 fully saturated rings. The molecule has 0 aliphatic heterocycles. The van der Waals surface area contributed by atoms with Crippen molar-refractivity contribution in [3.63, 3.8) is 0 Å². The van der Waals surface area contributed by atoms with Gasteiger partial charge in [0.05, 0.1) is 10.6 Å². The van der Waals surface area contributed by atoms with Crippen molar-refractivity contribution in [2.75, 3.05) is 10.8 Å². The van der Waals surface area contributed by atoms with Gasteiger partial charge in [-0.1, -0.05) is 84.6 Å². The Hall–Kier alpha value is -3.07. The number of carbonyl (C=O) groups excluding carboxylic acids is 2. The van der Waals surface area contributed by atoms with E-state index in [9.17, 15) is 18.0 Å². The fourth-order valence-electron chi connectivity index (χ4n) is 4.42. The average Bonchev–Trinajstić information content (AvgIpc) is 2.91. The molecule has 1 N–H and O–H groups in total. The highest BCUT2D eigenvalue weighted by molar-refractivity contribution is 7.92. The largest absolute Gasteiger partial charge is 0.352 e. The molecular weight excluding hydrogens is 581 g/mol. The van der Waals surface area contributed by atoms with Crippen molar-refractivity contribution in [3.8, 4) is 0 Å². The van der Waals surface area contributed by atoms with Crippen molar-refractivity contribution in [1.29, 1.82) is 0 Å². The van der Waals surface area contributed by atoms with Crippen LogP contribution in [0.15, 0.2) is 71.6 Å². The van der Waals surface area contributed by atoms with E-state index in [0.29, 0.717) is 6.42 Å². The highest BCUT2D eigenvalue weighted by Crippen LogP contribution is 2.30. The summed E-state index contributed by atoms with van der Waals surface area (Å²) in [5, 5.41) is 3.42. The Labute approximate surface area is 253 Å². The second-order valence-corrected chi connectivity index (χ2v) is 12.9. The number of anilines is 1. The molecule has 2 amide bonds. The number of rotatable bonds is 12. The molecule has 0 unspecified atom stereocenters. The van der Waals surface area contributed by atoms with E-state index in [1.165, 1.54) is 35.2 Å². The average molecular weight is 619 g/mol. The molecule has 0 spiro atoms. The first-order valence-electron chi connectivity index (χ1n) is 13.6. The van der Waals surface area contributed by atoms with Crippen molar-refractivity contribution < 1.29 is 18.0 Å². The minimum absolute atomic E-state index is 0.0128. The molecule has 3 aromatic rings. The minimum Gasteiger partial charge on any atom is -0.352 e. The first-order chi connectivity index (χ1) is 19.3. The van der Waals surface area contributed by atoms with Gasteiger partial charge in [-0.2, -0.15) is 0 Å². The lowest BCUT2D eigenvalue weighted by Crippen LogP contribution is -2.53. The Morgan fingerprint density at radius 2 is 1.51 bits per heavy atom. The summed E-state index contributed by atoms with van der Waals surface area (Å²) >= 11 is 12.5. The fourth-order valence-corrected chi connectivity index (χ4v) is 6.33. The summed E-state index contributed by atoms with van der Waals surface area (Å²) < 4.78 is 29.0. The zero-order valence-corrected chi connectivity index (χ0v) is 26.4. The molecule has 7 nitrogen and oxygen atoms in total. The Morgan fingerprint density at radius 1 is 0.878 bits per heavy atom. The zero-order valence-electron chi connectivity index (χ0n) is 24.0. The molecular formula is C31H37Cl2N3O4S. The first kappa shape index (κ1) is 32.4. The van der Waals surface area contributed by atoms with Crippen LogP contribution in [0.1, 0.15) is 50.3 Å². The third-order valence-corrected chi connectivity index (χ3v) is 9.07. The Kier molecular flexibility index (Phi) is 11.2. The minimum atomic E-state index is -4.22. The normalized spacial score (nSPS) is 12.9. The molecule has 41 heavy (non-hydrogen) atoms. The van der Waals surface area contributed by atoms with Gasteiger partial charge in [-0.15, -0.1) is 0 Å². The molecule has 3 aromatic carbocycles. The highest BCUT2D eigenvalue weighted by atomic mass is 35.5. The van der Waals surface area contributed by atoms with Crippen LogP contribution in [0.4, 0.5) is 5.69 Å². The van der Waals surface area contributed by atoms with Gasteiger partial charge < -0.3 is 10.2 Å². The molecule has 0 radical (unpaired) electrons. The molecule has 0 heterocycles. The van der Waals surface area contributed by atoms with E-state index in [4.69, 9.17) is 23.2 Å². The van der Waals surface area contributed by atoms with Gasteiger partial charge in [0.1, 0.15) is 12.6 Å². The maximum atomic E-state index is 14.2. The lowest BCUT2D eigenvalue weighted by atomic mass is 10.1. The number of amides is 2. The lowest BCUT2D eigenvalue weighted by molar-refractivity contribution is -0.140. The second-order valence-electron chi connectivity index (χ2n) is 10.2. The van der Waals surface area contributed by atoms with E-state index in [1.807, 2.05) is 58.9 Å². The number of carbonyl (C=O) groups is 2. The molecule has 2 atom stereocenters. The van der Waals surface area contributed by atoms with Gasteiger partial charge in [-0.3, -0.25) is 13.9 Å². The monoisotopic (exact) mass is 617 g/mol. The van der Waals surface area contributed by atoms with Gasteiger partial charge in [0, 0.05) is 22.6 Å². The van der Waals surface area contributed by atoms with Crippen molar-refractivity contribution in [1.82, 2.24) is 10.2 Å².